The topological polar surface area (TPSA) is 38.7 Å². The van der Waals surface area contributed by atoms with E-state index in [9.17, 15) is 0 Å². The Kier molecular flexibility index (Phi) is 2.70. The third-order valence-corrected chi connectivity index (χ3v) is 1.99. The van der Waals surface area contributed by atoms with Crippen LogP contribution in [0.25, 0.3) is 0 Å². The van der Waals surface area contributed by atoms with Gasteiger partial charge in [-0.3, -0.25) is 0 Å². The Morgan fingerprint density at radius 2 is 1.86 bits per heavy atom. The summed E-state index contributed by atoms with van der Waals surface area (Å²) in [5, 5.41) is 8.92. The lowest BCUT2D eigenvalue weighted by molar-refractivity contribution is -0.0337. The summed E-state index contributed by atoms with van der Waals surface area (Å²) in [6.07, 6.45) is 11.0. The number of aliphatic hydroxyl groups is 1. The maximum absolute atomic E-state index is 8.92. The molecule has 1 aliphatic carbocycles. The highest BCUT2D eigenvalue weighted by molar-refractivity contribution is 5.33. The molecule has 1 aliphatic heterocycles. The first-order chi connectivity index (χ1) is 6.90. The van der Waals surface area contributed by atoms with Gasteiger partial charge in [0.2, 0.25) is 0 Å². The fraction of sp³-hybridized carbons (Fsp3) is 0.273. The summed E-state index contributed by atoms with van der Waals surface area (Å²) in [6, 6.07) is 0. The van der Waals surface area contributed by atoms with Crippen molar-refractivity contribution in [2.45, 2.75) is 6.10 Å². The molecule has 1 saturated heterocycles. The van der Waals surface area contributed by atoms with Crippen molar-refractivity contribution < 1.29 is 14.6 Å². The molecule has 1 unspecified atom stereocenters. The highest BCUT2D eigenvalue weighted by Crippen LogP contribution is 2.22. The van der Waals surface area contributed by atoms with Gasteiger partial charge < -0.3 is 14.6 Å². The summed E-state index contributed by atoms with van der Waals surface area (Å²) in [5.74, 6) is 1.39. The highest BCUT2D eigenvalue weighted by atomic mass is 16.6. The van der Waals surface area contributed by atoms with E-state index in [2.05, 4.69) is 0 Å². The van der Waals surface area contributed by atoms with Crippen LogP contribution in [0.4, 0.5) is 0 Å². The monoisotopic (exact) mass is 192 g/mol. The quantitative estimate of drug-likeness (QED) is 0.680. The third kappa shape index (κ3) is 1.88. The average Bonchev–Trinajstić information content (AvgIpc) is 2.18. The van der Waals surface area contributed by atoms with Gasteiger partial charge >= 0.3 is 0 Å². The van der Waals surface area contributed by atoms with E-state index in [4.69, 9.17) is 14.6 Å². The van der Waals surface area contributed by atoms with Crippen LogP contribution in [0.1, 0.15) is 0 Å². The summed E-state index contributed by atoms with van der Waals surface area (Å²) in [7, 11) is 0. The molecule has 1 heterocycles. The number of allylic oxidation sites excluding steroid dienone is 6. The first-order valence-corrected chi connectivity index (χ1v) is 4.56. The summed E-state index contributed by atoms with van der Waals surface area (Å²) in [6.45, 7) is 0.376. The van der Waals surface area contributed by atoms with Crippen molar-refractivity contribution in [2.24, 2.45) is 0 Å². The van der Waals surface area contributed by atoms with Gasteiger partial charge in [0.25, 0.3) is 0 Å². The van der Waals surface area contributed by atoms with Gasteiger partial charge in [0.15, 0.2) is 17.6 Å². The first-order valence-electron chi connectivity index (χ1n) is 4.56. The van der Waals surface area contributed by atoms with Crippen LogP contribution < -0.4 is 0 Å². The van der Waals surface area contributed by atoms with Crippen molar-refractivity contribution in [2.75, 3.05) is 13.2 Å². The maximum Gasteiger partial charge on any atom is 0.161 e. The summed E-state index contributed by atoms with van der Waals surface area (Å²) >= 11 is 0. The largest absolute Gasteiger partial charge is 0.486 e. The van der Waals surface area contributed by atoms with Crippen LogP contribution >= 0.6 is 0 Å². The van der Waals surface area contributed by atoms with Crippen LogP contribution in [0.5, 0.6) is 0 Å². The van der Waals surface area contributed by atoms with Gasteiger partial charge in [-0.15, -0.1) is 0 Å². The number of rotatable bonds is 1. The van der Waals surface area contributed by atoms with E-state index in [0.29, 0.717) is 12.4 Å². The molecule has 3 heteroatoms. The Hall–Kier alpha value is -1.48. The summed E-state index contributed by atoms with van der Waals surface area (Å²) in [4.78, 5) is 0. The normalized spacial score (nSPS) is 36.8. The molecule has 2 aliphatic rings. The second-order valence-corrected chi connectivity index (χ2v) is 3.07. The first kappa shape index (κ1) is 9.09. The molecule has 1 N–H and O–H groups in total. The van der Waals surface area contributed by atoms with Crippen LogP contribution in [0.2, 0.25) is 0 Å². The lowest BCUT2D eigenvalue weighted by Gasteiger charge is -2.27. The average molecular weight is 192 g/mol. The van der Waals surface area contributed by atoms with Crippen LogP contribution in [0.3, 0.4) is 0 Å². The molecule has 1 atom stereocenters. The van der Waals surface area contributed by atoms with Gasteiger partial charge in [0.1, 0.15) is 6.61 Å². The van der Waals surface area contributed by atoms with Crippen LogP contribution in [-0.4, -0.2) is 24.4 Å². The Morgan fingerprint density at radius 1 is 1.14 bits per heavy atom. The highest BCUT2D eigenvalue weighted by Gasteiger charge is 2.21. The minimum atomic E-state index is -0.254. The minimum Gasteiger partial charge on any atom is -0.486 e. The molecular formula is C11H12O3. The van der Waals surface area contributed by atoms with Gasteiger partial charge in [0, 0.05) is 0 Å². The standard InChI is InChI=1S/C11H12O3/c12-7-9-8-13-10-5-3-1-2-4-6-11(10)14-9/h1-6,9,12H,7-8H2/b2-1?,3-1-,4-2-,5-3?,6-4?,10-5+,11-6+. The summed E-state index contributed by atoms with van der Waals surface area (Å²) < 4.78 is 11.0. The second-order valence-electron chi connectivity index (χ2n) is 3.07. The van der Waals surface area contributed by atoms with Gasteiger partial charge in [0.05, 0.1) is 6.61 Å². The van der Waals surface area contributed by atoms with Gasteiger partial charge in [-0.2, -0.15) is 0 Å². The smallest absolute Gasteiger partial charge is 0.161 e. The van der Waals surface area contributed by atoms with E-state index in [0.717, 1.165) is 5.76 Å². The number of hydrogen-bond acceptors (Lipinski definition) is 3. The van der Waals surface area contributed by atoms with E-state index < -0.39 is 0 Å². The molecule has 0 aromatic rings. The molecular weight excluding hydrogens is 180 g/mol. The molecule has 1 fully saturated rings. The molecule has 74 valence electrons. The molecule has 0 saturated carbocycles. The predicted octanol–water partition coefficient (Wildman–Crippen LogP) is 1.29. The number of fused-ring (bicyclic) bond motifs is 1. The molecule has 0 aromatic heterocycles. The Balaban J connectivity index is 2.19. The van der Waals surface area contributed by atoms with Crippen molar-refractivity contribution in [3.63, 3.8) is 0 Å². The SMILES string of the molecule is OCC1COC2=C/C=C\C=C/C=C\2O1. The molecule has 3 nitrogen and oxygen atoms in total. The molecule has 2 rings (SSSR count). The van der Waals surface area contributed by atoms with Crippen LogP contribution in [-0.2, 0) is 9.47 Å². The van der Waals surface area contributed by atoms with Crippen molar-refractivity contribution in [1.29, 1.82) is 0 Å². The van der Waals surface area contributed by atoms with Crippen LogP contribution in [0.15, 0.2) is 48.0 Å². The van der Waals surface area contributed by atoms with E-state index in [-0.39, 0.29) is 12.7 Å². The van der Waals surface area contributed by atoms with Gasteiger partial charge in [-0.1, -0.05) is 24.3 Å². The summed E-state index contributed by atoms with van der Waals surface area (Å²) in [5.41, 5.74) is 0. The molecule has 0 bridgehead atoms. The van der Waals surface area contributed by atoms with Crippen LogP contribution in [0, 0.1) is 0 Å². The number of hydrogen-bond donors (Lipinski definition) is 1. The zero-order chi connectivity index (χ0) is 9.80. The van der Waals surface area contributed by atoms with E-state index in [1.165, 1.54) is 0 Å². The van der Waals surface area contributed by atoms with E-state index in [1.54, 1.807) is 0 Å². The number of aliphatic hydroxyl groups excluding tert-OH is 1. The van der Waals surface area contributed by atoms with E-state index >= 15 is 0 Å². The lowest BCUT2D eigenvalue weighted by atomic mass is 10.2. The van der Waals surface area contributed by atoms with Gasteiger partial charge in [-0.25, -0.2) is 0 Å². The van der Waals surface area contributed by atoms with Crippen molar-refractivity contribution in [3.8, 4) is 0 Å². The Bertz CT molecular complexity index is 323. The molecule has 0 amide bonds. The Morgan fingerprint density at radius 3 is 2.57 bits per heavy atom. The fourth-order valence-electron chi connectivity index (χ4n) is 1.28. The van der Waals surface area contributed by atoms with Crippen molar-refractivity contribution in [1.82, 2.24) is 0 Å². The third-order valence-electron chi connectivity index (χ3n) is 1.99. The molecule has 0 aromatic carbocycles. The fourth-order valence-corrected chi connectivity index (χ4v) is 1.28. The zero-order valence-corrected chi connectivity index (χ0v) is 7.72. The van der Waals surface area contributed by atoms with E-state index in [1.807, 2.05) is 36.5 Å². The number of ether oxygens (including phenoxy) is 2. The van der Waals surface area contributed by atoms with Crippen molar-refractivity contribution >= 4 is 0 Å². The van der Waals surface area contributed by atoms with Gasteiger partial charge in [-0.05, 0) is 12.2 Å². The molecule has 14 heavy (non-hydrogen) atoms. The molecule has 0 radical (unpaired) electrons. The van der Waals surface area contributed by atoms with Crippen molar-refractivity contribution in [3.05, 3.63) is 48.0 Å². The minimum absolute atomic E-state index is 0.0236. The predicted molar refractivity (Wildman–Crippen MR) is 52.4 cm³/mol. The zero-order valence-electron chi connectivity index (χ0n) is 7.72. The second kappa shape index (κ2) is 4.15. The maximum atomic E-state index is 8.92. The Labute approximate surface area is 82.6 Å². The molecule has 0 spiro atoms. The lowest BCUT2D eigenvalue weighted by Crippen LogP contribution is -2.29.